The minimum atomic E-state index is -0.610. The maximum atomic E-state index is 11.8. The highest BCUT2D eigenvalue weighted by Crippen LogP contribution is 2.39. The minimum absolute atomic E-state index is 0.0903. The molecule has 0 aliphatic carbocycles. The summed E-state index contributed by atoms with van der Waals surface area (Å²) in [5, 5.41) is 5.63. The van der Waals surface area contributed by atoms with E-state index in [-0.39, 0.29) is 12.0 Å². The molecule has 168 valence electrons. The Morgan fingerprint density at radius 2 is 2.15 bits per heavy atom. The Morgan fingerprint density at radius 3 is 3.00 bits per heavy atom. The van der Waals surface area contributed by atoms with Gasteiger partial charge in [0.15, 0.2) is 11.0 Å². The number of nitrogens with two attached hydrogens (primary N) is 1. The molecule has 0 saturated carbocycles. The number of benzene rings is 2. The fraction of sp³-hybridized carbons (Fsp3) is 0.190. The summed E-state index contributed by atoms with van der Waals surface area (Å²) in [6.45, 7) is 1.37. The van der Waals surface area contributed by atoms with E-state index in [4.69, 9.17) is 26.8 Å². The number of ether oxygens (including phenoxy) is 2. The molecule has 1 aliphatic heterocycles. The van der Waals surface area contributed by atoms with Crippen LogP contribution >= 0.6 is 23.4 Å². The summed E-state index contributed by atoms with van der Waals surface area (Å²) in [6, 6.07) is 8.01. The molecule has 5 rings (SSSR count). The largest absolute Gasteiger partial charge is 0.415 e. The molecule has 4 N–H and O–H groups in total. The Hall–Kier alpha value is -3.41. The third kappa shape index (κ3) is 4.56. The van der Waals surface area contributed by atoms with Gasteiger partial charge in [-0.05, 0) is 28.0 Å². The standard InChI is InChI=1S/C21H18ClN7O3S/c22-14-8-12-10-31-9-11-2-1-3-13(15(11)12)16(14)17-27-18(23)29-20(28-17)33-7-6-26-21(30)32-19-24-4-5-25-19/h1-5,8H,6-7,9-10H2,(H,24,25)(H,26,30)(H2,23,27,28,29). The molecule has 0 unspecified atom stereocenters. The molecule has 0 fully saturated rings. The number of halogens is 1. The van der Waals surface area contributed by atoms with Gasteiger partial charge in [-0.1, -0.05) is 41.6 Å². The van der Waals surface area contributed by atoms with Crippen molar-refractivity contribution in [1.82, 2.24) is 30.2 Å². The van der Waals surface area contributed by atoms with E-state index in [1.165, 1.54) is 18.0 Å². The number of hydrogen-bond donors (Lipinski definition) is 3. The van der Waals surface area contributed by atoms with Crippen LogP contribution in [0.4, 0.5) is 10.7 Å². The Kier molecular flexibility index (Phi) is 5.99. The van der Waals surface area contributed by atoms with Crippen LogP contribution in [0.1, 0.15) is 11.1 Å². The van der Waals surface area contributed by atoms with Crippen LogP contribution in [-0.2, 0) is 18.0 Å². The summed E-state index contributed by atoms with van der Waals surface area (Å²) in [6.07, 6.45) is 2.44. The molecule has 0 saturated heterocycles. The van der Waals surface area contributed by atoms with Crippen molar-refractivity contribution < 1.29 is 14.3 Å². The third-order valence-electron chi connectivity index (χ3n) is 4.92. The van der Waals surface area contributed by atoms with Crippen molar-refractivity contribution in [3.05, 3.63) is 52.8 Å². The predicted octanol–water partition coefficient (Wildman–Crippen LogP) is 3.56. The number of anilines is 1. The highest BCUT2D eigenvalue weighted by atomic mass is 35.5. The van der Waals surface area contributed by atoms with Crippen molar-refractivity contribution in [1.29, 1.82) is 0 Å². The molecule has 10 nitrogen and oxygen atoms in total. The van der Waals surface area contributed by atoms with Gasteiger partial charge in [-0.15, -0.1) is 0 Å². The van der Waals surface area contributed by atoms with Gasteiger partial charge in [0, 0.05) is 30.3 Å². The number of nitrogen functional groups attached to an aromatic ring is 1. The van der Waals surface area contributed by atoms with Gasteiger partial charge < -0.3 is 25.5 Å². The molecule has 1 aliphatic rings. The molecule has 2 aromatic carbocycles. The van der Waals surface area contributed by atoms with E-state index in [2.05, 4.69) is 30.2 Å². The minimum Gasteiger partial charge on any atom is -0.375 e. The average Bonchev–Trinajstić information content (AvgIpc) is 3.30. The van der Waals surface area contributed by atoms with E-state index >= 15 is 0 Å². The van der Waals surface area contributed by atoms with Crippen LogP contribution in [-0.4, -0.2) is 43.3 Å². The number of carbonyl (C=O) groups excluding carboxylic acids is 1. The van der Waals surface area contributed by atoms with Crippen molar-refractivity contribution in [3.8, 4) is 17.4 Å². The van der Waals surface area contributed by atoms with E-state index in [0.29, 0.717) is 47.1 Å². The van der Waals surface area contributed by atoms with E-state index in [1.807, 2.05) is 24.3 Å². The number of aromatic nitrogens is 5. The average molecular weight is 484 g/mol. The molecule has 1 amide bonds. The smallest absolute Gasteiger partial charge is 0.375 e. The molecule has 0 atom stereocenters. The second kappa shape index (κ2) is 9.22. The zero-order valence-corrected chi connectivity index (χ0v) is 18.7. The molecule has 2 aromatic heterocycles. The van der Waals surface area contributed by atoms with Gasteiger partial charge in [-0.3, -0.25) is 0 Å². The second-order valence-electron chi connectivity index (χ2n) is 7.08. The fourth-order valence-corrected chi connectivity index (χ4v) is 4.63. The zero-order chi connectivity index (χ0) is 22.8. The second-order valence-corrected chi connectivity index (χ2v) is 8.55. The maximum absolute atomic E-state index is 11.8. The first kappa shape index (κ1) is 21.4. The van der Waals surface area contributed by atoms with Crippen molar-refractivity contribution in [2.75, 3.05) is 18.0 Å². The number of H-pyrrole nitrogens is 1. The van der Waals surface area contributed by atoms with E-state index in [0.717, 1.165) is 21.9 Å². The third-order valence-corrected chi connectivity index (χ3v) is 6.06. The number of nitrogens with one attached hydrogen (secondary N) is 2. The maximum Gasteiger partial charge on any atom is 0.415 e. The zero-order valence-electron chi connectivity index (χ0n) is 17.2. The fourth-order valence-electron chi connectivity index (χ4n) is 3.62. The Morgan fingerprint density at radius 1 is 1.27 bits per heavy atom. The number of nitrogens with zero attached hydrogens (tertiary/aromatic N) is 4. The quantitative estimate of drug-likeness (QED) is 0.277. The van der Waals surface area contributed by atoms with Gasteiger partial charge in [0.1, 0.15) is 0 Å². The Labute approximate surface area is 197 Å². The molecular weight excluding hydrogens is 466 g/mol. The number of carbonyl (C=O) groups is 1. The van der Waals surface area contributed by atoms with Crippen molar-refractivity contribution in [2.24, 2.45) is 0 Å². The van der Waals surface area contributed by atoms with E-state index < -0.39 is 6.09 Å². The first-order chi connectivity index (χ1) is 16.1. The first-order valence-electron chi connectivity index (χ1n) is 9.99. The highest BCUT2D eigenvalue weighted by molar-refractivity contribution is 7.99. The predicted molar refractivity (Wildman–Crippen MR) is 124 cm³/mol. The summed E-state index contributed by atoms with van der Waals surface area (Å²) in [4.78, 5) is 31.4. The summed E-state index contributed by atoms with van der Waals surface area (Å²) in [5.41, 5.74) is 8.81. The highest BCUT2D eigenvalue weighted by Gasteiger charge is 2.21. The molecular formula is C21H18ClN7O3S. The van der Waals surface area contributed by atoms with Crippen LogP contribution in [0.25, 0.3) is 22.2 Å². The molecule has 33 heavy (non-hydrogen) atoms. The number of amides is 1. The number of imidazole rings is 1. The van der Waals surface area contributed by atoms with Crippen LogP contribution in [0.5, 0.6) is 6.01 Å². The molecule has 0 spiro atoms. The van der Waals surface area contributed by atoms with Gasteiger partial charge in [-0.25, -0.2) is 14.8 Å². The summed E-state index contributed by atoms with van der Waals surface area (Å²) >= 11 is 7.98. The normalized spacial score (nSPS) is 12.6. The van der Waals surface area contributed by atoms with Crippen LogP contribution in [0.3, 0.4) is 0 Å². The topological polar surface area (TPSA) is 141 Å². The Balaban J connectivity index is 1.34. The lowest BCUT2D eigenvalue weighted by Crippen LogP contribution is -2.29. The molecule has 0 bridgehead atoms. The lowest BCUT2D eigenvalue weighted by atomic mass is 9.94. The molecule has 12 heteroatoms. The van der Waals surface area contributed by atoms with Crippen LogP contribution in [0.15, 0.2) is 41.8 Å². The monoisotopic (exact) mass is 483 g/mol. The number of hydrogen-bond acceptors (Lipinski definition) is 9. The van der Waals surface area contributed by atoms with Gasteiger partial charge in [-0.2, -0.15) is 9.97 Å². The number of thioether (sulfide) groups is 1. The lowest BCUT2D eigenvalue weighted by molar-refractivity contribution is 0.103. The molecule has 3 heterocycles. The van der Waals surface area contributed by atoms with Crippen LogP contribution < -0.4 is 15.8 Å². The van der Waals surface area contributed by atoms with E-state index in [1.54, 1.807) is 6.20 Å². The van der Waals surface area contributed by atoms with Crippen LogP contribution in [0.2, 0.25) is 5.02 Å². The Bertz CT molecular complexity index is 1330. The van der Waals surface area contributed by atoms with Gasteiger partial charge in [0.25, 0.3) is 0 Å². The van der Waals surface area contributed by atoms with E-state index in [9.17, 15) is 4.79 Å². The van der Waals surface area contributed by atoms with Crippen molar-refractivity contribution >= 4 is 46.2 Å². The van der Waals surface area contributed by atoms with Crippen molar-refractivity contribution in [3.63, 3.8) is 0 Å². The molecule has 4 aromatic rings. The van der Waals surface area contributed by atoms with Crippen molar-refractivity contribution in [2.45, 2.75) is 18.4 Å². The van der Waals surface area contributed by atoms with Gasteiger partial charge >= 0.3 is 12.1 Å². The first-order valence-corrected chi connectivity index (χ1v) is 11.4. The molecule has 0 radical (unpaired) electrons. The lowest BCUT2D eigenvalue weighted by Gasteiger charge is -2.20. The SMILES string of the molecule is Nc1nc(SCCNC(=O)Oc2ncc[nH]2)nc(-c2c(Cl)cc3c4c(cccc24)COC3)n1. The number of rotatable bonds is 6. The van der Waals surface area contributed by atoms with Gasteiger partial charge in [0.2, 0.25) is 5.95 Å². The number of aromatic amines is 1. The summed E-state index contributed by atoms with van der Waals surface area (Å²) in [5.74, 6) is 0.980. The van der Waals surface area contributed by atoms with Gasteiger partial charge in [0.05, 0.1) is 18.2 Å². The van der Waals surface area contributed by atoms with Crippen LogP contribution in [0, 0.1) is 0 Å². The summed E-state index contributed by atoms with van der Waals surface area (Å²) < 4.78 is 10.6. The summed E-state index contributed by atoms with van der Waals surface area (Å²) in [7, 11) is 0.